The Kier molecular flexibility index (Phi) is 38.0. The molecule has 0 bridgehead atoms. The van der Waals surface area contributed by atoms with E-state index in [2.05, 4.69) is 128 Å². The van der Waals surface area contributed by atoms with Crippen LogP contribution in [0.1, 0.15) is 142 Å². The molecule has 2 atom stereocenters. The Labute approximate surface area is 334 Å². The first kappa shape index (κ1) is 51.7. The van der Waals surface area contributed by atoms with E-state index in [1.807, 2.05) is 0 Å². The van der Waals surface area contributed by atoms with Crippen molar-refractivity contribution in [2.24, 2.45) is 0 Å². The zero-order valence-corrected chi connectivity index (χ0v) is 35.2. The number of unbranched alkanes of at least 4 members (excludes halogenated alkanes) is 7. The van der Waals surface area contributed by atoms with Gasteiger partial charge in [0.25, 0.3) is 0 Å². The van der Waals surface area contributed by atoms with Gasteiger partial charge in [0.15, 0.2) is 6.10 Å². The van der Waals surface area contributed by atoms with Crippen molar-refractivity contribution in [3.8, 4) is 0 Å². The standard InChI is InChI=1S/C46H73O8P/c1-4-6-8-10-12-14-16-18-20-22-23-25-27-29-31-33-35-37-39-41-46(48)54-44(43-53-55(49,50)51-3)42-52-45(47)40-38-36-34-32-30-28-26-24-21-19-17-15-13-11-9-7-5-2/h6-9,12-15,18-21,23,25-26,28-29,31,44H,4-5,10-11,16-17,22,24,27,30,32-43H2,1-3H3,(H,49,50)/b8-6-,9-7-,14-12-,15-13-,20-18-,21-19-,25-23-,28-26-,31-29-. The molecule has 9 heteroatoms. The van der Waals surface area contributed by atoms with Gasteiger partial charge in [-0.25, -0.2) is 4.57 Å². The van der Waals surface area contributed by atoms with Gasteiger partial charge in [-0.3, -0.25) is 18.6 Å². The topological polar surface area (TPSA) is 108 Å². The summed E-state index contributed by atoms with van der Waals surface area (Å²) in [6.45, 7) is 3.59. The molecular weight excluding hydrogens is 711 g/mol. The Morgan fingerprint density at radius 3 is 1.29 bits per heavy atom. The summed E-state index contributed by atoms with van der Waals surface area (Å²) < 4.78 is 31.9. The van der Waals surface area contributed by atoms with Crippen LogP contribution in [0.2, 0.25) is 0 Å². The van der Waals surface area contributed by atoms with Gasteiger partial charge in [0.1, 0.15) is 6.61 Å². The average molecular weight is 785 g/mol. The summed E-state index contributed by atoms with van der Waals surface area (Å²) in [7, 11) is -3.24. The Morgan fingerprint density at radius 1 is 0.509 bits per heavy atom. The molecule has 310 valence electrons. The fourth-order valence-electron chi connectivity index (χ4n) is 4.91. The van der Waals surface area contributed by atoms with Crippen LogP contribution in [0.25, 0.3) is 0 Å². The summed E-state index contributed by atoms with van der Waals surface area (Å²) in [5, 5.41) is 0. The molecule has 0 heterocycles. The third kappa shape index (κ3) is 40.2. The molecule has 0 amide bonds. The minimum atomic E-state index is -4.29. The Morgan fingerprint density at radius 2 is 0.873 bits per heavy atom. The van der Waals surface area contributed by atoms with Gasteiger partial charge in [0.2, 0.25) is 0 Å². The lowest BCUT2D eigenvalue weighted by Crippen LogP contribution is -2.29. The van der Waals surface area contributed by atoms with Crippen molar-refractivity contribution >= 4 is 19.8 Å². The molecule has 0 aromatic carbocycles. The first-order chi connectivity index (χ1) is 26.8. The number of hydrogen-bond donors (Lipinski definition) is 1. The normalized spacial score (nSPS) is 14.5. The lowest BCUT2D eigenvalue weighted by Gasteiger charge is -2.19. The summed E-state index contributed by atoms with van der Waals surface area (Å²) in [5.74, 6) is -0.882. The average Bonchev–Trinajstić information content (AvgIpc) is 3.18. The number of allylic oxidation sites excluding steroid dienone is 18. The zero-order valence-electron chi connectivity index (χ0n) is 34.3. The van der Waals surface area contributed by atoms with E-state index in [4.69, 9.17) is 14.0 Å². The van der Waals surface area contributed by atoms with Gasteiger partial charge in [-0.2, -0.15) is 0 Å². The number of ether oxygens (including phenoxy) is 2. The van der Waals surface area contributed by atoms with E-state index in [1.54, 1.807) is 0 Å². The van der Waals surface area contributed by atoms with Crippen LogP contribution in [0.4, 0.5) is 0 Å². The summed E-state index contributed by atoms with van der Waals surface area (Å²) in [5.41, 5.74) is 0. The van der Waals surface area contributed by atoms with Crippen molar-refractivity contribution in [1.29, 1.82) is 0 Å². The second kappa shape index (κ2) is 40.4. The van der Waals surface area contributed by atoms with E-state index >= 15 is 0 Å². The van der Waals surface area contributed by atoms with Crippen LogP contribution in [-0.4, -0.2) is 43.3 Å². The maximum atomic E-state index is 12.5. The second-order valence-electron chi connectivity index (χ2n) is 13.0. The van der Waals surface area contributed by atoms with E-state index in [0.29, 0.717) is 12.8 Å². The molecule has 0 rings (SSSR count). The van der Waals surface area contributed by atoms with Gasteiger partial charge in [-0.15, -0.1) is 0 Å². The fraction of sp³-hybridized carbons (Fsp3) is 0.565. The first-order valence-electron chi connectivity index (χ1n) is 20.6. The number of phosphoric ester groups is 1. The predicted molar refractivity (Wildman–Crippen MR) is 230 cm³/mol. The van der Waals surface area contributed by atoms with Gasteiger partial charge in [0, 0.05) is 20.0 Å². The molecule has 0 aromatic rings. The SMILES string of the molecule is CC/C=C\C/C=C\C/C=C\C/C=C\C/C=C\CCCCCC(=O)OC(COC(=O)CCCCCC/C=C\C/C=C\C/C=C\C/C=C\CC)COP(=O)(O)OC. The van der Waals surface area contributed by atoms with Crippen molar-refractivity contribution in [2.45, 2.75) is 148 Å². The van der Waals surface area contributed by atoms with E-state index in [1.165, 1.54) is 0 Å². The van der Waals surface area contributed by atoms with Gasteiger partial charge in [-0.05, 0) is 96.3 Å². The van der Waals surface area contributed by atoms with Crippen LogP contribution >= 0.6 is 7.82 Å². The van der Waals surface area contributed by atoms with Crippen molar-refractivity contribution in [3.63, 3.8) is 0 Å². The van der Waals surface area contributed by atoms with Gasteiger partial charge in [-0.1, -0.05) is 142 Å². The Hall–Kier alpha value is -3.29. The van der Waals surface area contributed by atoms with Crippen molar-refractivity contribution in [3.05, 3.63) is 109 Å². The molecule has 0 spiro atoms. The molecule has 55 heavy (non-hydrogen) atoms. The van der Waals surface area contributed by atoms with Crippen LogP contribution in [0.15, 0.2) is 109 Å². The lowest BCUT2D eigenvalue weighted by atomic mass is 10.1. The van der Waals surface area contributed by atoms with Gasteiger partial charge >= 0.3 is 19.8 Å². The minimum Gasteiger partial charge on any atom is -0.462 e. The maximum Gasteiger partial charge on any atom is 0.472 e. The quantitative estimate of drug-likeness (QED) is 0.0289. The monoisotopic (exact) mass is 785 g/mol. The Bertz CT molecular complexity index is 1250. The van der Waals surface area contributed by atoms with Crippen LogP contribution in [0, 0.1) is 0 Å². The Balaban J connectivity index is 4.17. The highest BCUT2D eigenvalue weighted by molar-refractivity contribution is 7.47. The van der Waals surface area contributed by atoms with Crippen LogP contribution in [-0.2, 0) is 32.7 Å². The summed E-state index contributed by atoms with van der Waals surface area (Å²) in [6, 6.07) is 0. The molecule has 0 fully saturated rings. The predicted octanol–water partition coefficient (Wildman–Crippen LogP) is 13.1. The van der Waals surface area contributed by atoms with Crippen molar-refractivity contribution in [2.75, 3.05) is 20.3 Å². The zero-order chi connectivity index (χ0) is 40.3. The first-order valence-corrected chi connectivity index (χ1v) is 22.1. The minimum absolute atomic E-state index is 0.193. The second-order valence-corrected chi connectivity index (χ2v) is 14.6. The highest BCUT2D eigenvalue weighted by atomic mass is 31.2. The molecule has 0 aliphatic carbocycles. The molecular formula is C46H73O8P. The number of carbonyl (C=O) groups excluding carboxylic acids is 2. The molecule has 1 N–H and O–H groups in total. The van der Waals surface area contributed by atoms with Crippen molar-refractivity contribution < 1.29 is 37.6 Å². The number of hydrogen-bond acceptors (Lipinski definition) is 7. The third-order valence-corrected chi connectivity index (χ3v) is 8.95. The molecule has 0 aliphatic rings. The highest BCUT2D eigenvalue weighted by Gasteiger charge is 2.24. The smallest absolute Gasteiger partial charge is 0.462 e. The number of esters is 2. The number of carbonyl (C=O) groups is 2. The highest BCUT2D eigenvalue weighted by Crippen LogP contribution is 2.42. The number of rotatable bonds is 36. The fourth-order valence-corrected chi connectivity index (χ4v) is 5.37. The lowest BCUT2D eigenvalue weighted by molar-refractivity contribution is -0.161. The number of phosphoric acid groups is 1. The molecule has 0 saturated heterocycles. The summed E-state index contributed by atoms with van der Waals surface area (Å²) in [4.78, 5) is 34.4. The largest absolute Gasteiger partial charge is 0.472 e. The molecule has 0 aliphatic heterocycles. The summed E-state index contributed by atoms with van der Waals surface area (Å²) in [6.07, 6.45) is 55.6. The van der Waals surface area contributed by atoms with Gasteiger partial charge in [0.05, 0.1) is 6.61 Å². The third-order valence-electron chi connectivity index (χ3n) is 8.01. The molecule has 0 aromatic heterocycles. The van der Waals surface area contributed by atoms with Gasteiger partial charge < -0.3 is 14.4 Å². The van der Waals surface area contributed by atoms with E-state index < -0.39 is 32.5 Å². The van der Waals surface area contributed by atoms with Crippen LogP contribution in [0.5, 0.6) is 0 Å². The summed E-state index contributed by atoms with van der Waals surface area (Å²) >= 11 is 0. The van der Waals surface area contributed by atoms with Crippen LogP contribution < -0.4 is 0 Å². The molecule has 0 saturated carbocycles. The molecule has 2 unspecified atom stereocenters. The maximum absolute atomic E-state index is 12.5. The van der Waals surface area contributed by atoms with E-state index in [0.717, 1.165) is 110 Å². The van der Waals surface area contributed by atoms with E-state index in [-0.39, 0.29) is 19.4 Å². The van der Waals surface area contributed by atoms with Crippen LogP contribution in [0.3, 0.4) is 0 Å². The molecule has 0 radical (unpaired) electrons. The van der Waals surface area contributed by atoms with E-state index in [9.17, 15) is 19.0 Å². The molecule has 8 nitrogen and oxygen atoms in total. The van der Waals surface area contributed by atoms with Crippen molar-refractivity contribution in [1.82, 2.24) is 0 Å².